The molecule has 1 aromatic heterocycles. The second-order valence-electron chi connectivity index (χ2n) is 3.91. The highest BCUT2D eigenvalue weighted by Crippen LogP contribution is 2.25. The Morgan fingerprint density at radius 3 is 2.78 bits per heavy atom. The summed E-state index contributed by atoms with van der Waals surface area (Å²) in [5, 5.41) is 3.88. The number of nitrogens with zero attached hydrogens (tertiary/aromatic N) is 1. The van der Waals surface area contributed by atoms with Crippen molar-refractivity contribution in [2.24, 2.45) is 0 Å². The van der Waals surface area contributed by atoms with Crippen molar-refractivity contribution in [3.8, 4) is 0 Å². The van der Waals surface area contributed by atoms with Gasteiger partial charge in [0.15, 0.2) is 0 Å². The van der Waals surface area contributed by atoms with Gasteiger partial charge in [-0.25, -0.2) is 0 Å². The number of methoxy groups -OCH3 is 3. The molecule has 0 saturated heterocycles. The Morgan fingerprint density at radius 2 is 2.17 bits per heavy atom. The van der Waals surface area contributed by atoms with Gasteiger partial charge in [-0.05, 0) is 6.42 Å². The molecule has 0 N–H and O–H groups in total. The van der Waals surface area contributed by atoms with Crippen LogP contribution in [-0.4, -0.2) is 39.1 Å². The molecule has 0 aliphatic heterocycles. The lowest BCUT2D eigenvalue weighted by molar-refractivity contribution is -0.141. The fourth-order valence-electron chi connectivity index (χ4n) is 1.63. The van der Waals surface area contributed by atoms with Crippen molar-refractivity contribution in [1.29, 1.82) is 0 Å². The van der Waals surface area contributed by atoms with Gasteiger partial charge in [-0.3, -0.25) is 4.79 Å². The number of esters is 1. The molecule has 0 aliphatic rings. The van der Waals surface area contributed by atoms with Gasteiger partial charge in [-0.15, -0.1) is 0 Å². The molecule has 1 heterocycles. The van der Waals surface area contributed by atoms with Crippen molar-refractivity contribution >= 4 is 5.97 Å². The lowest BCUT2D eigenvalue weighted by atomic mass is 9.98. The lowest BCUT2D eigenvalue weighted by Crippen LogP contribution is -2.10. The largest absolute Gasteiger partial charge is 0.469 e. The number of carbonyl (C=O) groups is 1. The number of hydrogen-bond acceptors (Lipinski definition) is 6. The van der Waals surface area contributed by atoms with E-state index in [0.29, 0.717) is 31.1 Å². The van der Waals surface area contributed by atoms with Gasteiger partial charge in [0.25, 0.3) is 0 Å². The molecule has 102 valence electrons. The Kier molecular flexibility index (Phi) is 6.38. The van der Waals surface area contributed by atoms with Crippen LogP contribution in [0.1, 0.15) is 30.2 Å². The van der Waals surface area contributed by atoms with E-state index in [1.807, 2.05) is 0 Å². The van der Waals surface area contributed by atoms with Crippen molar-refractivity contribution in [1.82, 2.24) is 5.16 Å². The third-order valence-corrected chi connectivity index (χ3v) is 2.58. The second kappa shape index (κ2) is 7.84. The van der Waals surface area contributed by atoms with E-state index >= 15 is 0 Å². The van der Waals surface area contributed by atoms with E-state index in [4.69, 9.17) is 14.0 Å². The normalized spacial score (nSPS) is 12.4. The number of rotatable bonds is 8. The van der Waals surface area contributed by atoms with Crippen molar-refractivity contribution in [2.45, 2.75) is 25.4 Å². The highest BCUT2D eigenvalue weighted by Gasteiger charge is 2.21. The van der Waals surface area contributed by atoms with E-state index in [1.54, 1.807) is 20.3 Å². The quantitative estimate of drug-likeness (QED) is 0.657. The molecule has 0 bridgehead atoms. The van der Waals surface area contributed by atoms with Crippen LogP contribution >= 0.6 is 0 Å². The van der Waals surface area contributed by atoms with E-state index < -0.39 is 0 Å². The summed E-state index contributed by atoms with van der Waals surface area (Å²) in [6.45, 7) is 0.931. The van der Waals surface area contributed by atoms with Gasteiger partial charge in [0, 0.05) is 32.8 Å². The molecule has 0 aromatic carbocycles. The van der Waals surface area contributed by atoms with E-state index in [2.05, 4.69) is 9.89 Å². The van der Waals surface area contributed by atoms with Crippen LogP contribution in [0.5, 0.6) is 0 Å². The first-order chi connectivity index (χ1) is 8.71. The smallest absolute Gasteiger partial charge is 0.306 e. The van der Waals surface area contributed by atoms with Gasteiger partial charge < -0.3 is 18.7 Å². The van der Waals surface area contributed by atoms with Gasteiger partial charge in [0.05, 0.1) is 20.1 Å². The Balaban J connectivity index is 2.69. The van der Waals surface area contributed by atoms with Crippen LogP contribution in [0.3, 0.4) is 0 Å². The Bertz CT molecular complexity index is 363. The maximum Gasteiger partial charge on any atom is 0.306 e. The zero-order valence-corrected chi connectivity index (χ0v) is 11.0. The van der Waals surface area contributed by atoms with E-state index in [9.17, 15) is 4.79 Å². The zero-order valence-electron chi connectivity index (χ0n) is 11.0. The van der Waals surface area contributed by atoms with Crippen LogP contribution in [0.2, 0.25) is 0 Å². The van der Waals surface area contributed by atoms with Gasteiger partial charge >= 0.3 is 5.97 Å². The summed E-state index contributed by atoms with van der Waals surface area (Å²) in [5.41, 5.74) is 0.708. The van der Waals surface area contributed by atoms with Crippen LogP contribution in [0.4, 0.5) is 0 Å². The van der Waals surface area contributed by atoms with Crippen LogP contribution in [-0.2, 0) is 25.6 Å². The molecule has 6 nitrogen and oxygen atoms in total. The monoisotopic (exact) mass is 257 g/mol. The molecule has 6 heteroatoms. The maximum absolute atomic E-state index is 11.3. The molecule has 0 radical (unpaired) electrons. The number of ether oxygens (including phenoxy) is 3. The van der Waals surface area contributed by atoms with Gasteiger partial charge in [0.2, 0.25) is 0 Å². The number of hydrogen-bond donors (Lipinski definition) is 0. The Labute approximate surface area is 106 Å². The van der Waals surface area contributed by atoms with Gasteiger partial charge in [0.1, 0.15) is 11.5 Å². The van der Waals surface area contributed by atoms with Crippen molar-refractivity contribution in [3.63, 3.8) is 0 Å². The SMILES string of the molecule is COCCC(CC(=O)OC)c1cc(COC)no1. The Hall–Kier alpha value is -1.40. The van der Waals surface area contributed by atoms with Crippen LogP contribution in [0, 0.1) is 0 Å². The molecule has 1 aromatic rings. The minimum atomic E-state index is -0.277. The highest BCUT2D eigenvalue weighted by atomic mass is 16.5. The third-order valence-electron chi connectivity index (χ3n) is 2.58. The first-order valence-electron chi connectivity index (χ1n) is 5.71. The maximum atomic E-state index is 11.3. The molecule has 0 spiro atoms. The van der Waals surface area contributed by atoms with Crippen LogP contribution < -0.4 is 0 Å². The van der Waals surface area contributed by atoms with Gasteiger partial charge in [-0.1, -0.05) is 5.16 Å². The molecular weight excluding hydrogens is 238 g/mol. The summed E-state index contributed by atoms with van der Waals surface area (Å²) in [7, 11) is 4.57. The standard InChI is InChI=1S/C12H19NO5/c1-15-5-4-9(6-12(14)17-3)11-7-10(8-16-2)13-18-11/h7,9H,4-6,8H2,1-3H3. The fraction of sp³-hybridized carbons (Fsp3) is 0.667. The predicted molar refractivity (Wildman–Crippen MR) is 63.1 cm³/mol. The third kappa shape index (κ3) is 4.46. The average Bonchev–Trinajstić information content (AvgIpc) is 2.83. The summed E-state index contributed by atoms with van der Waals surface area (Å²) in [4.78, 5) is 11.3. The number of aromatic nitrogens is 1. The summed E-state index contributed by atoms with van der Waals surface area (Å²) >= 11 is 0. The molecule has 18 heavy (non-hydrogen) atoms. The first kappa shape index (κ1) is 14.7. The number of carbonyl (C=O) groups excluding carboxylic acids is 1. The second-order valence-corrected chi connectivity index (χ2v) is 3.91. The summed E-state index contributed by atoms with van der Waals surface area (Å²) in [6.07, 6.45) is 0.925. The molecule has 0 aliphatic carbocycles. The first-order valence-corrected chi connectivity index (χ1v) is 5.71. The van der Waals surface area contributed by atoms with Crippen LogP contribution in [0.25, 0.3) is 0 Å². The predicted octanol–water partition coefficient (Wildman–Crippen LogP) is 1.50. The van der Waals surface area contributed by atoms with Crippen LogP contribution in [0.15, 0.2) is 10.6 Å². The van der Waals surface area contributed by atoms with E-state index in [-0.39, 0.29) is 18.3 Å². The molecule has 1 atom stereocenters. The molecule has 1 unspecified atom stereocenters. The highest BCUT2D eigenvalue weighted by molar-refractivity contribution is 5.70. The summed E-state index contributed by atoms with van der Waals surface area (Å²) in [6, 6.07) is 1.80. The topological polar surface area (TPSA) is 70.8 Å². The molecule has 0 saturated carbocycles. The van der Waals surface area contributed by atoms with E-state index in [1.165, 1.54) is 7.11 Å². The minimum Gasteiger partial charge on any atom is -0.469 e. The lowest BCUT2D eigenvalue weighted by Gasteiger charge is -2.11. The molecule has 0 amide bonds. The van der Waals surface area contributed by atoms with Crippen molar-refractivity contribution in [3.05, 3.63) is 17.5 Å². The molecule has 0 fully saturated rings. The Morgan fingerprint density at radius 1 is 1.39 bits per heavy atom. The zero-order chi connectivity index (χ0) is 13.4. The minimum absolute atomic E-state index is 0.0875. The fourth-order valence-corrected chi connectivity index (χ4v) is 1.63. The van der Waals surface area contributed by atoms with E-state index in [0.717, 1.165) is 0 Å². The summed E-state index contributed by atoms with van der Waals surface area (Å²) < 4.78 is 19.9. The molecular formula is C12H19NO5. The van der Waals surface area contributed by atoms with Crippen molar-refractivity contribution in [2.75, 3.05) is 27.9 Å². The average molecular weight is 257 g/mol. The summed E-state index contributed by atoms with van der Waals surface area (Å²) in [5.74, 6) is 0.292. The molecule has 1 rings (SSSR count). The van der Waals surface area contributed by atoms with Gasteiger partial charge in [-0.2, -0.15) is 0 Å². The van der Waals surface area contributed by atoms with Crippen molar-refractivity contribution < 1.29 is 23.5 Å².